The van der Waals surface area contributed by atoms with Gasteiger partial charge in [-0.05, 0) is 50.8 Å². The number of amides is 1. The van der Waals surface area contributed by atoms with Gasteiger partial charge in [-0.3, -0.25) is 5.32 Å². The molecule has 0 radical (unpaired) electrons. The van der Waals surface area contributed by atoms with Crippen molar-refractivity contribution in [3.8, 4) is 0 Å². The summed E-state index contributed by atoms with van der Waals surface area (Å²) in [5, 5.41) is 2.80. The first-order valence-corrected chi connectivity index (χ1v) is 6.29. The second kappa shape index (κ2) is 5.42. The highest BCUT2D eigenvalue weighted by atomic mass is 16.6. The molecule has 1 N–H and O–H groups in total. The second-order valence-electron chi connectivity index (χ2n) is 5.86. The van der Waals surface area contributed by atoms with Gasteiger partial charge < -0.3 is 4.74 Å². The summed E-state index contributed by atoms with van der Waals surface area (Å²) in [6.07, 6.45) is -0.411. The fourth-order valence-electron chi connectivity index (χ4n) is 1.55. The lowest BCUT2D eigenvalue weighted by Gasteiger charge is -2.20. The number of nitrogens with one attached hydrogen (secondary N) is 1. The number of hydrogen-bond donors (Lipinski definition) is 1. The Bertz CT molecular complexity index is 431. The molecule has 0 aliphatic heterocycles. The van der Waals surface area contributed by atoms with E-state index >= 15 is 0 Å². The maximum atomic E-state index is 11.7. The number of anilines is 1. The van der Waals surface area contributed by atoms with Crippen LogP contribution in [-0.2, 0) is 4.74 Å². The second-order valence-corrected chi connectivity index (χ2v) is 5.86. The first kappa shape index (κ1) is 14.6. The summed E-state index contributed by atoms with van der Waals surface area (Å²) in [5.74, 6) is 0.435. The van der Waals surface area contributed by atoms with Gasteiger partial charge in [0.1, 0.15) is 5.60 Å². The summed E-state index contributed by atoms with van der Waals surface area (Å²) < 4.78 is 5.25. The van der Waals surface area contributed by atoms with Crippen LogP contribution in [0.2, 0.25) is 0 Å². The van der Waals surface area contributed by atoms with Crippen molar-refractivity contribution in [1.82, 2.24) is 0 Å². The molecular formula is C15H23NO2. The molecule has 18 heavy (non-hydrogen) atoms. The number of aryl methyl sites for hydroxylation is 1. The summed E-state index contributed by atoms with van der Waals surface area (Å²) in [6.45, 7) is 11.8. The Morgan fingerprint density at radius 2 is 1.89 bits per heavy atom. The predicted octanol–water partition coefficient (Wildman–Crippen LogP) is 4.47. The first-order valence-electron chi connectivity index (χ1n) is 6.29. The van der Waals surface area contributed by atoms with E-state index in [1.54, 1.807) is 0 Å². The maximum absolute atomic E-state index is 11.7. The first-order chi connectivity index (χ1) is 8.19. The molecule has 0 heterocycles. The fourth-order valence-corrected chi connectivity index (χ4v) is 1.55. The van der Waals surface area contributed by atoms with Crippen LogP contribution in [-0.4, -0.2) is 11.7 Å². The molecule has 0 aliphatic carbocycles. The quantitative estimate of drug-likeness (QED) is 0.840. The van der Waals surface area contributed by atoms with Gasteiger partial charge in [0.25, 0.3) is 0 Å². The lowest BCUT2D eigenvalue weighted by molar-refractivity contribution is 0.0636. The zero-order chi connectivity index (χ0) is 13.9. The van der Waals surface area contributed by atoms with E-state index in [9.17, 15) is 4.79 Å². The third-order valence-electron chi connectivity index (χ3n) is 2.56. The molecule has 0 spiro atoms. The lowest BCUT2D eigenvalue weighted by atomic mass is 10.0. The number of benzene rings is 1. The van der Waals surface area contributed by atoms with Crippen molar-refractivity contribution in [1.29, 1.82) is 0 Å². The molecule has 0 saturated heterocycles. The number of ether oxygens (including phenoxy) is 1. The minimum atomic E-state index is -0.479. The lowest BCUT2D eigenvalue weighted by Crippen LogP contribution is -2.27. The van der Waals surface area contributed by atoms with Crippen LogP contribution in [0.4, 0.5) is 10.5 Å². The Kier molecular flexibility index (Phi) is 4.38. The normalized spacial score (nSPS) is 11.5. The molecule has 100 valence electrons. The number of rotatable bonds is 2. The van der Waals surface area contributed by atoms with Crippen LogP contribution < -0.4 is 5.32 Å². The number of hydrogen-bond acceptors (Lipinski definition) is 2. The van der Waals surface area contributed by atoms with E-state index < -0.39 is 11.7 Å². The molecule has 0 saturated carbocycles. The SMILES string of the molecule is Cc1ccc(C(C)C)cc1NC(=O)OC(C)(C)C. The van der Waals surface area contributed by atoms with Gasteiger partial charge in [0.15, 0.2) is 0 Å². The molecule has 0 aliphatic rings. The third-order valence-corrected chi connectivity index (χ3v) is 2.56. The van der Waals surface area contributed by atoms with E-state index in [0.29, 0.717) is 5.92 Å². The molecular weight excluding hydrogens is 226 g/mol. The molecule has 3 heteroatoms. The van der Waals surface area contributed by atoms with Gasteiger partial charge in [0.05, 0.1) is 0 Å². The standard InChI is InChI=1S/C15H23NO2/c1-10(2)12-8-7-11(3)13(9-12)16-14(17)18-15(4,5)6/h7-10H,1-6H3,(H,16,17). The van der Waals surface area contributed by atoms with Crippen molar-refractivity contribution in [3.63, 3.8) is 0 Å². The molecule has 1 aromatic carbocycles. The van der Waals surface area contributed by atoms with Gasteiger partial charge >= 0.3 is 6.09 Å². The summed E-state index contributed by atoms with van der Waals surface area (Å²) in [7, 11) is 0. The molecule has 3 nitrogen and oxygen atoms in total. The molecule has 1 aromatic rings. The zero-order valence-corrected chi connectivity index (χ0v) is 12.1. The van der Waals surface area contributed by atoms with Crippen LogP contribution in [0.3, 0.4) is 0 Å². The van der Waals surface area contributed by atoms with Crippen LogP contribution in [0.15, 0.2) is 18.2 Å². The monoisotopic (exact) mass is 249 g/mol. The average Bonchev–Trinajstić information content (AvgIpc) is 2.18. The Labute approximate surface area is 110 Å². The van der Waals surface area contributed by atoms with Gasteiger partial charge in [-0.1, -0.05) is 26.0 Å². The van der Waals surface area contributed by atoms with E-state index in [1.807, 2.05) is 39.8 Å². The minimum Gasteiger partial charge on any atom is -0.444 e. The Morgan fingerprint density at radius 3 is 2.39 bits per heavy atom. The van der Waals surface area contributed by atoms with Gasteiger partial charge in [-0.15, -0.1) is 0 Å². The van der Waals surface area contributed by atoms with Crippen molar-refractivity contribution >= 4 is 11.8 Å². The van der Waals surface area contributed by atoms with Crippen molar-refractivity contribution in [2.24, 2.45) is 0 Å². The Morgan fingerprint density at radius 1 is 1.28 bits per heavy atom. The van der Waals surface area contributed by atoms with Crippen molar-refractivity contribution in [2.45, 2.75) is 53.1 Å². The van der Waals surface area contributed by atoms with E-state index in [4.69, 9.17) is 4.74 Å². The highest BCUT2D eigenvalue weighted by Gasteiger charge is 2.17. The fraction of sp³-hybridized carbons (Fsp3) is 0.533. The smallest absolute Gasteiger partial charge is 0.412 e. The molecule has 0 unspecified atom stereocenters. The Hall–Kier alpha value is -1.51. The maximum Gasteiger partial charge on any atom is 0.412 e. The van der Waals surface area contributed by atoms with E-state index in [2.05, 4.69) is 25.2 Å². The van der Waals surface area contributed by atoms with Crippen molar-refractivity contribution in [2.75, 3.05) is 5.32 Å². The van der Waals surface area contributed by atoms with Crippen LogP contribution in [0.1, 0.15) is 51.7 Å². The Balaban J connectivity index is 2.84. The van der Waals surface area contributed by atoms with E-state index in [0.717, 1.165) is 11.3 Å². The highest BCUT2D eigenvalue weighted by Crippen LogP contribution is 2.23. The topological polar surface area (TPSA) is 38.3 Å². The summed E-state index contributed by atoms with van der Waals surface area (Å²) in [6, 6.07) is 6.10. The van der Waals surface area contributed by atoms with Crippen LogP contribution in [0.25, 0.3) is 0 Å². The summed E-state index contributed by atoms with van der Waals surface area (Å²) in [4.78, 5) is 11.7. The number of carbonyl (C=O) groups excluding carboxylic acids is 1. The molecule has 0 aromatic heterocycles. The molecule has 0 bridgehead atoms. The predicted molar refractivity (Wildman–Crippen MR) is 75.1 cm³/mol. The zero-order valence-electron chi connectivity index (χ0n) is 12.1. The van der Waals surface area contributed by atoms with Crippen molar-refractivity contribution < 1.29 is 9.53 Å². The van der Waals surface area contributed by atoms with Crippen LogP contribution in [0.5, 0.6) is 0 Å². The number of carbonyl (C=O) groups is 1. The van der Waals surface area contributed by atoms with Gasteiger partial charge in [-0.2, -0.15) is 0 Å². The van der Waals surface area contributed by atoms with Crippen LogP contribution >= 0.6 is 0 Å². The van der Waals surface area contributed by atoms with E-state index in [1.165, 1.54) is 5.56 Å². The minimum absolute atomic E-state index is 0.411. The molecule has 0 atom stereocenters. The summed E-state index contributed by atoms with van der Waals surface area (Å²) in [5.41, 5.74) is 2.57. The van der Waals surface area contributed by atoms with Gasteiger partial charge in [0.2, 0.25) is 0 Å². The molecule has 1 rings (SSSR count). The molecule has 1 amide bonds. The van der Waals surface area contributed by atoms with Crippen LogP contribution in [0, 0.1) is 6.92 Å². The van der Waals surface area contributed by atoms with Crippen molar-refractivity contribution in [3.05, 3.63) is 29.3 Å². The van der Waals surface area contributed by atoms with E-state index in [-0.39, 0.29) is 0 Å². The largest absolute Gasteiger partial charge is 0.444 e. The highest BCUT2D eigenvalue weighted by molar-refractivity contribution is 5.86. The molecule has 0 fully saturated rings. The third kappa shape index (κ3) is 4.40. The average molecular weight is 249 g/mol. The van der Waals surface area contributed by atoms with Gasteiger partial charge in [-0.25, -0.2) is 4.79 Å². The summed E-state index contributed by atoms with van der Waals surface area (Å²) >= 11 is 0. The van der Waals surface area contributed by atoms with Gasteiger partial charge in [0, 0.05) is 5.69 Å².